The molecule has 0 bridgehead atoms. The molecule has 6 heteroatoms. The number of aliphatic hydroxyl groups is 1. The van der Waals surface area contributed by atoms with Crippen LogP contribution >= 0.6 is 11.6 Å². The molecule has 0 unspecified atom stereocenters. The van der Waals surface area contributed by atoms with Crippen molar-refractivity contribution in [1.29, 1.82) is 0 Å². The van der Waals surface area contributed by atoms with E-state index >= 15 is 0 Å². The molecule has 2 aromatic rings. The predicted molar refractivity (Wildman–Crippen MR) is 111 cm³/mol. The molecule has 5 nitrogen and oxygen atoms in total. The summed E-state index contributed by atoms with van der Waals surface area (Å²) in [5.41, 5.74) is 3.09. The number of nitrogens with one attached hydrogen (secondary N) is 1. The second kappa shape index (κ2) is 10.5. The molecule has 0 aliphatic heterocycles. The van der Waals surface area contributed by atoms with Gasteiger partial charge in [-0.05, 0) is 48.0 Å². The van der Waals surface area contributed by atoms with Crippen LogP contribution in [0.5, 0.6) is 0 Å². The zero-order chi connectivity index (χ0) is 19.6. The minimum Gasteiger partial charge on any atom is -0.395 e. The highest BCUT2D eigenvalue weighted by molar-refractivity contribution is 6.19. The van der Waals surface area contributed by atoms with Gasteiger partial charge in [-0.1, -0.05) is 18.2 Å². The third-order valence-electron chi connectivity index (χ3n) is 3.97. The molecule has 2 rings (SSSR count). The summed E-state index contributed by atoms with van der Waals surface area (Å²) in [6.45, 7) is 0.665. The molecule has 0 aliphatic rings. The molecule has 27 heavy (non-hydrogen) atoms. The van der Waals surface area contributed by atoms with E-state index in [-0.39, 0.29) is 30.6 Å². The lowest BCUT2D eigenvalue weighted by atomic mass is 10.1. The first-order valence-corrected chi connectivity index (χ1v) is 9.17. The van der Waals surface area contributed by atoms with Crippen LogP contribution in [-0.4, -0.2) is 42.9 Å². The van der Waals surface area contributed by atoms with Gasteiger partial charge >= 0.3 is 0 Å². The van der Waals surface area contributed by atoms with Crippen LogP contribution in [0.15, 0.2) is 54.6 Å². The van der Waals surface area contributed by atoms with Gasteiger partial charge in [-0.3, -0.25) is 9.59 Å². The van der Waals surface area contributed by atoms with E-state index in [2.05, 4.69) is 5.32 Å². The Kier molecular flexibility index (Phi) is 8.04. The summed E-state index contributed by atoms with van der Waals surface area (Å²) in [4.78, 5) is 25.7. The van der Waals surface area contributed by atoms with Crippen LogP contribution in [0.25, 0.3) is 6.08 Å². The number of benzene rings is 2. The Morgan fingerprint density at radius 2 is 1.78 bits per heavy atom. The molecule has 0 heterocycles. The summed E-state index contributed by atoms with van der Waals surface area (Å²) < 4.78 is 0. The largest absolute Gasteiger partial charge is 0.395 e. The lowest BCUT2D eigenvalue weighted by molar-refractivity contribution is -0.115. The lowest BCUT2D eigenvalue weighted by Crippen LogP contribution is -2.20. The number of nitrogens with zero attached hydrogens (tertiary/aromatic N) is 1. The first-order valence-electron chi connectivity index (χ1n) is 8.64. The van der Waals surface area contributed by atoms with Crippen molar-refractivity contribution in [2.24, 2.45) is 0 Å². The number of halogens is 1. The molecule has 0 spiro atoms. The summed E-state index contributed by atoms with van der Waals surface area (Å²) in [5, 5.41) is 11.7. The van der Waals surface area contributed by atoms with Gasteiger partial charge in [0.15, 0.2) is 5.78 Å². The number of allylic oxidation sites excluding steroid dienone is 1. The fraction of sp³-hybridized carbons (Fsp3) is 0.238. The Balaban J connectivity index is 1.96. The number of hydrogen-bond donors (Lipinski definition) is 2. The summed E-state index contributed by atoms with van der Waals surface area (Å²) in [6.07, 6.45) is 3.53. The number of ketones is 1. The SMILES string of the molecule is CN(CCO)c1ccc(/C=C/C(=O)c2ccc(NC(=O)CCCl)cc2)cc1. The molecule has 0 atom stereocenters. The number of alkyl halides is 1. The molecular weight excluding hydrogens is 364 g/mol. The molecule has 0 radical (unpaired) electrons. The van der Waals surface area contributed by atoms with Crippen molar-refractivity contribution >= 4 is 40.7 Å². The summed E-state index contributed by atoms with van der Waals surface area (Å²) in [7, 11) is 1.91. The van der Waals surface area contributed by atoms with Crippen molar-refractivity contribution in [2.75, 3.05) is 36.3 Å². The molecular formula is C21H23ClN2O3. The second-order valence-corrected chi connectivity index (χ2v) is 6.38. The van der Waals surface area contributed by atoms with Crippen molar-refractivity contribution in [3.05, 3.63) is 65.7 Å². The number of rotatable bonds is 9. The highest BCUT2D eigenvalue weighted by Gasteiger charge is 2.05. The van der Waals surface area contributed by atoms with Gasteiger partial charge in [-0.15, -0.1) is 11.6 Å². The van der Waals surface area contributed by atoms with Crippen LogP contribution in [0.2, 0.25) is 0 Å². The smallest absolute Gasteiger partial charge is 0.225 e. The van der Waals surface area contributed by atoms with E-state index in [1.165, 1.54) is 6.08 Å². The van der Waals surface area contributed by atoms with Gasteiger partial charge in [0.2, 0.25) is 5.91 Å². The standard InChI is InChI=1S/C21H23ClN2O3/c1-24(14-15-25)19-9-2-16(3-10-19)4-11-20(26)17-5-7-18(8-6-17)23-21(27)12-13-22/h2-11,25H,12-15H2,1H3,(H,23,27)/b11-4+. The van der Waals surface area contributed by atoms with Crippen LogP contribution in [0.3, 0.4) is 0 Å². The Morgan fingerprint density at radius 3 is 2.37 bits per heavy atom. The first-order chi connectivity index (χ1) is 13.0. The van der Waals surface area contributed by atoms with Gasteiger partial charge in [0.25, 0.3) is 0 Å². The Morgan fingerprint density at radius 1 is 1.11 bits per heavy atom. The average Bonchev–Trinajstić information content (AvgIpc) is 2.67. The second-order valence-electron chi connectivity index (χ2n) is 6.00. The zero-order valence-corrected chi connectivity index (χ0v) is 15.9. The molecule has 0 aromatic heterocycles. The topological polar surface area (TPSA) is 69.6 Å². The molecule has 2 aromatic carbocycles. The van der Waals surface area contributed by atoms with Crippen molar-refractivity contribution in [3.8, 4) is 0 Å². The summed E-state index contributed by atoms with van der Waals surface area (Å²) >= 11 is 5.53. The molecule has 142 valence electrons. The maximum absolute atomic E-state index is 12.3. The summed E-state index contributed by atoms with van der Waals surface area (Å²) in [5.74, 6) is -0.00140. The predicted octanol–water partition coefficient (Wildman–Crippen LogP) is 3.58. The van der Waals surface area contributed by atoms with Crippen LogP contribution in [-0.2, 0) is 4.79 Å². The number of amides is 1. The zero-order valence-electron chi connectivity index (χ0n) is 15.2. The van der Waals surface area contributed by atoms with Crippen LogP contribution in [0.4, 0.5) is 11.4 Å². The van der Waals surface area contributed by atoms with Gasteiger partial charge in [-0.25, -0.2) is 0 Å². The van der Waals surface area contributed by atoms with E-state index in [1.807, 2.05) is 36.2 Å². The van der Waals surface area contributed by atoms with Gasteiger partial charge in [0.1, 0.15) is 0 Å². The number of aliphatic hydroxyl groups excluding tert-OH is 1. The number of carbonyl (C=O) groups is 2. The Bertz CT molecular complexity index is 786. The van der Waals surface area contributed by atoms with Crippen molar-refractivity contribution in [1.82, 2.24) is 0 Å². The van der Waals surface area contributed by atoms with Gasteiger partial charge in [0.05, 0.1) is 6.61 Å². The molecule has 0 fully saturated rings. The third kappa shape index (κ3) is 6.55. The van der Waals surface area contributed by atoms with E-state index < -0.39 is 0 Å². The fourth-order valence-corrected chi connectivity index (χ4v) is 2.59. The van der Waals surface area contributed by atoms with Crippen LogP contribution in [0, 0.1) is 0 Å². The average molecular weight is 387 g/mol. The van der Waals surface area contributed by atoms with Crippen molar-refractivity contribution in [3.63, 3.8) is 0 Å². The number of likely N-dealkylation sites (N-methyl/N-ethyl adjacent to an activating group) is 1. The van der Waals surface area contributed by atoms with Gasteiger partial charge in [0, 0.05) is 42.8 Å². The fourth-order valence-electron chi connectivity index (χ4n) is 2.41. The number of hydrogen-bond acceptors (Lipinski definition) is 4. The monoisotopic (exact) mass is 386 g/mol. The van der Waals surface area contributed by atoms with Gasteiger partial charge < -0.3 is 15.3 Å². The van der Waals surface area contributed by atoms with Crippen LogP contribution in [0.1, 0.15) is 22.3 Å². The van der Waals surface area contributed by atoms with Crippen LogP contribution < -0.4 is 10.2 Å². The highest BCUT2D eigenvalue weighted by Crippen LogP contribution is 2.15. The maximum atomic E-state index is 12.3. The van der Waals surface area contributed by atoms with E-state index in [0.717, 1.165) is 11.3 Å². The van der Waals surface area contributed by atoms with Gasteiger partial charge in [-0.2, -0.15) is 0 Å². The van der Waals surface area contributed by atoms with E-state index in [9.17, 15) is 9.59 Å². The van der Waals surface area contributed by atoms with Crippen molar-refractivity contribution < 1.29 is 14.7 Å². The first kappa shape index (κ1) is 20.7. The van der Waals surface area contributed by atoms with E-state index in [0.29, 0.717) is 17.8 Å². The maximum Gasteiger partial charge on any atom is 0.225 e. The number of anilines is 2. The normalized spacial score (nSPS) is 10.8. The Labute approximate surface area is 164 Å². The minimum absolute atomic E-state index is 0.0990. The number of carbonyl (C=O) groups excluding carboxylic acids is 2. The molecule has 0 saturated carbocycles. The Hall–Kier alpha value is -2.63. The molecule has 0 saturated heterocycles. The molecule has 1 amide bonds. The lowest BCUT2D eigenvalue weighted by Gasteiger charge is -2.17. The third-order valence-corrected chi connectivity index (χ3v) is 4.16. The quantitative estimate of drug-likeness (QED) is 0.392. The van der Waals surface area contributed by atoms with E-state index in [4.69, 9.17) is 16.7 Å². The summed E-state index contributed by atoms with van der Waals surface area (Å²) in [6, 6.07) is 14.5. The van der Waals surface area contributed by atoms with E-state index in [1.54, 1.807) is 30.3 Å². The molecule has 2 N–H and O–H groups in total. The molecule has 0 aliphatic carbocycles. The highest BCUT2D eigenvalue weighted by atomic mass is 35.5. The van der Waals surface area contributed by atoms with Crippen molar-refractivity contribution in [2.45, 2.75) is 6.42 Å². The minimum atomic E-state index is -0.156.